The minimum Gasteiger partial charge on any atom is -0.481 e. The average Bonchev–Trinajstić information content (AvgIpc) is 3.12. The van der Waals surface area contributed by atoms with Gasteiger partial charge in [-0.15, -0.1) is 0 Å². The van der Waals surface area contributed by atoms with E-state index in [2.05, 4.69) is 0 Å². The molecule has 1 N–H and O–H groups in total. The Morgan fingerprint density at radius 1 is 1.28 bits per heavy atom. The first kappa shape index (κ1) is 13.8. The van der Waals surface area contributed by atoms with Crippen molar-refractivity contribution in [3.8, 4) is 0 Å². The quantitative estimate of drug-likeness (QED) is 0.826. The summed E-state index contributed by atoms with van der Waals surface area (Å²) in [6.07, 6.45) is 5.60. The fourth-order valence-corrected chi connectivity index (χ4v) is 4.92. The van der Waals surface area contributed by atoms with Gasteiger partial charge in [0, 0.05) is 12.6 Å². The smallest absolute Gasteiger partial charge is 0.305 e. The highest BCUT2D eigenvalue weighted by molar-refractivity contribution is 7.90. The maximum Gasteiger partial charge on any atom is 0.305 e. The van der Waals surface area contributed by atoms with Gasteiger partial charge in [-0.05, 0) is 25.7 Å². The Hall–Kier alpha value is -0.620. The van der Waals surface area contributed by atoms with Gasteiger partial charge >= 0.3 is 5.97 Å². The molecule has 0 spiro atoms. The fraction of sp³-hybridized carbons (Fsp3) is 0.917. The molecule has 0 aromatic carbocycles. The molecular formula is C12H21NO4S. The van der Waals surface area contributed by atoms with E-state index in [0.717, 1.165) is 32.1 Å². The minimum absolute atomic E-state index is 0.0740. The van der Waals surface area contributed by atoms with Gasteiger partial charge in [0.05, 0.1) is 11.7 Å². The van der Waals surface area contributed by atoms with Gasteiger partial charge in [0.1, 0.15) is 0 Å². The molecule has 2 saturated carbocycles. The number of carboxylic acids is 1. The predicted molar refractivity (Wildman–Crippen MR) is 67.8 cm³/mol. The predicted octanol–water partition coefficient (Wildman–Crippen LogP) is 1.59. The van der Waals surface area contributed by atoms with Crippen molar-refractivity contribution in [2.45, 2.75) is 62.2 Å². The molecule has 0 aliphatic heterocycles. The van der Waals surface area contributed by atoms with E-state index in [1.807, 2.05) is 0 Å². The number of rotatable bonds is 5. The van der Waals surface area contributed by atoms with Crippen molar-refractivity contribution < 1.29 is 18.3 Å². The van der Waals surface area contributed by atoms with Crippen molar-refractivity contribution in [3.05, 3.63) is 0 Å². The van der Waals surface area contributed by atoms with Crippen molar-refractivity contribution in [3.63, 3.8) is 0 Å². The van der Waals surface area contributed by atoms with Crippen molar-refractivity contribution >= 4 is 16.0 Å². The molecule has 0 atom stereocenters. The number of hydrogen-bond donors (Lipinski definition) is 1. The lowest BCUT2D eigenvalue weighted by Crippen LogP contribution is -2.52. The molecule has 6 heteroatoms. The summed E-state index contributed by atoms with van der Waals surface area (Å²) < 4.78 is 26.0. The number of sulfonamides is 1. The number of aliphatic carboxylic acids is 1. The molecule has 0 saturated heterocycles. The third-order valence-corrected chi connectivity index (χ3v) is 6.72. The minimum atomic E-state index is -3.30. The molecule has 2 aliphatic rings. The van der Waals surface area contributed by atoms with Gasteiger partial charge in [-0.1, -0.05) is 19.3 Å². The number of carboxylic acid groups (broad SMARTS) is 1. The molecule has 0 aromatic rings. The van der Waals surface area contributed by atoms with Crippen LogP contribution in [0.25, 0.3) is 0 Å². The Morgan fingerprint density at radius 2 is 1.83 bits per heavy atom. The summed E-state index contributed by atoms with van der Waals surface area (Å²) >= 11 is 0. The monoisotopic (exact) mass is 275 g/mol. The zero-order chi connectivity index (χ0) is 13.4. The Bertz CT molecular complexity index is 421. The Balaban J connectivity index is 2.24. The zero-order valence-electron chi connectivity index (χ0n) is 10.8. The van der Waals surface area contributed by atoms with Crippen LogP contribution in [-0.4, -0.2) is 41.6 Å². The number of nitrogens with zero attached hydrogens (tertiary/aromatic N) is 1. The third-order valence-electron chi connectivity index (χ3n) is 4.26. The van der Waals surface area contributed by atoms with Crippen LogP contribution in [0.15, 0.2) is 0 Å². The van der Waals surface area contributed by atoms with E-state index in [4.69, 9.17) is 5.11 Å². The highest BCUT2D eigenvalue weighted by Gasteiger charge is 2.48. The summed E-state index contributed by atoms with van der Waals surface area (Å²) in [4.78, 5) is 11.1. The Kier molecular flexibility index (Phi) is 3.69. The van der Waals surface area contributed by atoms with E-state index in [1.54, 1.807) is 7.05 Å². The van der Waals surface area contributed by atoms with Gasteiger partial charge in [-0.3, -0.25) is 4.79 Å². The summed E-state index contributed by atoms with van der Waals surface area (Å²) in [5.41, 5.74) is -0.689. The summed E-state index contributed by atoms with van der Waals surface area (Å²) in [5, 5.41) is 8.81. The van der Waals surface area contributed by atoms with Gasteiger partial charge in [-0.2, -0.15) is 4.31 Å². The van der Waals surface area contributed by atoms with Gasteiger partial charge in [0.15, 0.2) is 0 Å². The van der Waals surface area contributed by atoms with Crippen LogP contribution < -0.4 is 0 Å². The van der Waals surface area contributed by atoms with Crippen molar-refractivity contribution in [1.82, 2.24) is 4.31 Å². The first-order valence-corrected chi connectivity index (χ1v) is 8.08. The standard InChI is InChI=1S/C12H21NO4S/c1-13(18(16,17)10-5-6-10)12(9-11(14)15)7-3-2-4-8-12/h10H,2-9H2,1H3,(H,14,15). The van der Waals surface area contributed by atoms with Crippen molar-refractivity contribution in [1.29, 1.82) is 0 Å². The topological polar surface area (TPSA) is 74.7 Å². The molecule has 104 valence electrons. The lowest BCUT2D eigenvalue weighted by Gasteiger charge is -2.43. The average molecular weight is 275 g/mol. The highest BCUT2D eigenvalue weighted by atomic mass is 32.2. The van der Waals surface area contributed by atoms with Gasteiger partial charge in [0.25, 0.3) is 0 Å². The van der Waals surface area contributed by atoms with E-state index >= 15 is 0 Å². The molecule has 2 fully saturated rings. The molecule has 0 radical (unpaired) electrons. The Morgan fingerprint density at radius 3 is 2.28 bits per heavy atom. The van der Waals surface area contributed by atoms with Crippen LogP contribution in [0.2, 0.25) is 0 Å². The van der Waals surface area contributed by atoms with Gasteiger partial charge in [0.2, 0.25) is 10.0 Å². The lowest BCUT2D eigenvalue weighted by atomic mass is 9.79. The number of hydrogen-bond acceptors (Lipinski definition) is 3. The number of carbonyl (C=O) groups is 1. The second kappa shape index (κ2) is 4.81. The van der Waals surface area contributed by atoms with Crippen LogP contribution >= 0.6 is 0 Å². The van der Waals surface area contributed by atoms with E-state index in [0.29, 0.717) is 12.8 Å². The molecule has 0 aromatic heterocycles. The molecule has 18 heavy (non-hydrogen) atoms. The first-order valence-electron chi connectivity index (χ1n) is 6.58. The van der Waals surface area contributed by atoms with E-state index < -0.39 is 21.5 Å². The summed E-state index contributed by atoms with van der Waals surface area (Å²) in [5.74, 6) is -0.908. The van der Waals surface area contributed by atoms with Crippen LogP contribution in [0.3, 0.4) is 0 Å². The van der Waals surface area contributed by atoms with Crippen LogP contribution in [0.5, 0.6) is 0 Å². The summed E-state index contributed by atoms with van der Waals surface area (Å²) in [6, 6.07) is 0. The fourth-order valence-electron chi connectivity index (χ4n) is 2.95. The molecule has 0 bridgehead atoms. The molecule has 0 heterocycles. The van der Waals surface area contributed by atoms with E-state index in [-0.39, 0.29) is 11.7 Å². The normalized spacial score (nSPS) is 24.1. The summed E-state index contributed by atoms with van der Waals surface area (Å²) in [6.45, 7) is 0. The Labute approximate surface area is 108 Å². The third kappa shape index (κ3) is 2.54. The zero-order valence-corrected chi connectivity index (χ0v) is 11.6. The van der Waals surface area contributed by atoms with E-state index in [1.165, 1.54) is 4.31 Å². The SMILES string of the molecule is CN(C1(CC(=O)O)CCCCC1)S(=O)(=O)C1CC1. The van der Waals surface area contributed by atoms with Crippen molar-refractivity contribution in [2.24, 2.45) is 0 Å². The molecule has 2 aliphatic carbocycles. The van der Waals surface area contributed by atoms with Gasteiger partial charge < -0.3 is 5.11 Å². The molecule has 0 amide bonds. The van der Waals surface area contributed by atoms with Crippen molar-refractivity contribution in [2.75, 3.05) is 7.05 Å². The summed E-state index contributed by atoms with van der Waals surface area (Å²) in [7, 11) is -1.73. The molecule has 0 unspecified atom stereocenters. The van der Waals surface area contributed by atoms with Crippen LogP contribution in [0, 0.1) is 0 Å². The maximum atomic E-state index is 12.3. The second-order valence-corrected chi connectivity index (χ2v) is 7.81. The maximum absolute atomic E-state index is 12.3. The second-order valence-electron chi connectivity index (χ2n) is 5.57. The molecule has 5 nitrogen and oxygen atoms in total. The van der Waals surface area contributed by atoms with Crippen LogP contribution in [0.1, 0.15) is 51.4 Å². The lowest BCUT2D eigenvalue weighted by molar-refractivity contribution is -0.140. The van der Waals surface area contributed by atoms with Crippen LogP contribution in [0.4, 0.5) is 0 Å². The highest BCUT2D eigenvalue weighted by Crippen LogP contribution is 2.41. The first-order chi connectivity index (χ1) is 8.38. The molecule has 2 rings (SSSR count). The largest absolute Gasteiger partial charge is 0.481 e. The molecular weight excluding hydrogens is 254 g/mol. The van der Waals surface area contributed by atoms with Gasteiger partial charge in [-0.25, -0.2) is 8.42 Å². The van der Waals surface area contributed by atoms with E-state index in [9.17, 15) is 13.2 Å². The van der Waals surface area contributed by atoms with Crippen LogP contribution in [-0.2, 0) is 14.8 Å².